The molecule has 8 nitrogen and oxygen atoms in total. The number of halogens is 1. The van der Waals surface area contributed by atoms with Gasteiger partial charge in [-0.05, 0) is 43.3 Å². The molecule has 1 fully saturated rings. The van der Waals surface area contributed by atoms with Crippen LogP contribution in [0.5, 0.6) is 11.5 Å². The number of hydrogen-bond acceptors (Lipinski definition) is 5. The number of carbonyl (C=O) groups is 2. The number of amides is 3. The van der Waals surface area contributed by atoms with Crippen LogP contribution in [0.2, 0.25) is 5.02 Å². The van der Waals surface area contributed by atoms with Crippen LogP contribution >= 0.6 is 11.6 Å². The fourth-order valence-electron chi connectivity index (χ4n) is 3.31. The number of ether oxygens (including phenoxy) is 2. The molecule has 1 saturated heterocycles. The molecule has 1 aliphatic heterocycles. The summed E-state index contributed by atoms with van der Waals surface area (Å²) in [6, 6.07) is 11.8. The molecule has 1 atom stereocenters. The number of piperazine rings is 1. The number of nitrogens with one attached hydrogen (secondary N) is 2. The van der Waals surface area contributed by atoms with E-state index < -0.39 is 6.04 Å². The summed E-state index contributed by atoms with van der Waals surface area (Å²) in [5.74, 6) is 0.747. The van der Waals surface area contributed by atoms with Crippen molar-refractivity contribution in [3.8, 4) is 11.5 Å². The smallest absolute Gasteiger partial charge is 0.318 e. The van der Waals surface area contributed by atoms with Crippen molar-refractivity contribution < 1.29 is 19.1 Å². The third-order valence-corrected chi connectivity index (χ3v) is 5.41. The van der Waals surface area contributed by atoms with E-state index in [1.54, 1.807) is 37.1 Å². The van der Waals surface area contributed by atoms with Crippen LogP contribution in [0.4, 0.5) is 16.2 Å². The van der Waals surface area contributed by atoms with Crippen LogP contribution in [-0.2, 0) is 4.79 Å². The van der Waals surface area contributed by atoms with Crippen molar-refractivity contribution in [2.24, 2.45) is 0 Å². The van der Waals surface area contributed by atoms with Crippen molar-refractivity contribution >= 4 is 34.9 Å². The summed E-state index contributed by atoms with van der Waals surface area (Å²) in [7, 11) is 3.06. The lowest BCUT2D eigenvalue weighted by atomic mass is 10.2. The van der Waals surface area contributed by atoms with E-state index in [4.69, 9.17) is 21.1 Å². The van der Waals surface area contributed by atoms with E-state index in [-0.39, 0.29) is 11.9 Å². The standard InChI is InChI=1S/C22H27ClN4O4/c1-15(21(28)25-19-14-18(30-2)8-9-20(19)31-3)24-22(29)27-12-10-26(11-13-27)17-6-4-16(23)5-7-17/h4-9,14-15H,10-13H2,1-3H3,(H,24,29)(H,25,28)/t15-/m0/s1. The Hall–Kier alpha value is -3.13. The van der Waals surface area contributed by atoms with Crippen LogP contribution in [0.15, 0.2) is 42.5 Å². The Bertz CT molecular complexity index is 914. The number of nitrogens with zero attached hydrogens (tertiary/aromatic N) is 2. The number of methoxy groups -OCH3 is 2. The van der Waals surface area contributed by atoms with E-state index in [1.165, 1.54) is 7.11 Å². The molecule has 2 aromatic carbocycles. The number of carbonyl (C=O) groups excluding carboxylic acids is 2. The number of urea groups is 1. The van der Waals surface area contributed by atoms with Crippen molar-refractivity contribution in [2.45, 2.75) is 13.0 Å². The van der Waals surface area contributed by atoms with Crippen LogP contribution in [0.1, 0.15) is 6.92 Å². The predicted molar refractivity (Wildman–Crippen MR) is 121 cm³/mol. The molecular formula is C22H27ClN4O4. The fourth-order valence-corrected chi connectivity index (χ4v) is 3.44. The van der Waals surface area contributed by atoms with Crippen molar-refractivity contribution in [3.05, 3.63) is 47.5 Å². The highest BCUT2D eigenvalue weighted by Crippen LogP contribution is 2.29. The van der Waals surface area contributed by atoms with E-state index in [9.17, 15) is 9.59 Å². The largest absolute Gasteiger partial charge is 0.497 e. The first-order chi connectivity index (χ1) is 14.9. The van der Waals surface area contributed by atoms with Crippen LogP contribution in [0.25, 0.3) is 0 Å². The van der Waals surface area contributed by atoms with Crippen LogP contribution < -0.4 is 25.0 Å². The highest BCUT2D eigenvalue weighted by atomic mass is 35.5. The maximum atomic E-state index is 12.6. The summed E-state index contributed by atoms with van der Waals surface area (Å²) < 4.78 is 10.5. The Morgan fingerprint density at radius 2 is 1.68 bits per heavy atom. The lowest BCUT2D eigenvalue weighted by Crippen LogP contribution is -2.54. The van der Waals surface area contributed by atoms with Crippen molar-refractivity contribution in [1.29, 1.82) is 0 Å². The summed E-state index contributed by atoms with van der Waals surface area (Å²) in [4.78, 5) is 29.1. The molecule has 2 N–H and O–H groups in total. The van der Waals surface area contributed by atoms with Crippen LogP contribution in [0.3, 0.4) is 0 Å². The van der Waals surface area contributed by atoms with Gasteiger partial charge in [0, 0.05) is 43.0 Å². The van der Waals surface area contributed by atoms with Gasteiger partial charge in [-0.1, -0.05) is 11.6 Å². The third-order valence-electron chi connectivity index (χ3n) is 5.16. The van der Waals surface area contributed by atoms with Gasteiger partial charge in [-0.15, -0.1) is 0 Å². The topological polar surface area (TPSA) is 83.1 Å². The molecule has 0 spiro atoms. The molecule has 1 aliphatic rings. The second-order valence-corrected chi connectivity index (χ2v) is 7.61. The molecule has 166 valence electrons. The minimum atomic E-state index is -0.724. The lowest BCUT2D eigenvalue weighted by molar-refractivity contribution is -0.117. The third kappa shape index (κ3) is 5.73. The first kappa shape index (κ1) is 22.6. The van der Waals surface area contributed by atoms with Gasteiger partial charge in [0.25, 0.3) is 0 Å². The van der Waals surface area contributed by atoms with Gasteiger partial charge in [-0.3, -0.25) is 4.79 Å². The highest BCUT2D eigenvalue weighted by molar-refractivity contribution is 6.30. The first-order valence-electron chi connectivity index (χ1n) is 10.00. The van der Waals surface area contributed by atoms with Crippen molar-refractivity contribution in [1.82, 2.24) is 10.2 Å². The van der Waals surface area contributed by atoms with Gasteiger partial charge in [-0.25, -0.2) is 4.79 Å². The number of benzene rings is 2. The minimum Gasteiger partial charge on any atom is -0.497 e. The first-order valence-corrected chi connectivity index (χ1v) is 10.4. The van der Waals surface area contributed by atoms with E-state index >= 15 is 0 Å². The average molecular weight is 447 g/mol. The average Bonchev–Trinajstić information content (AvgIpc) is 2.79. The molecule has 1 heterocycles. The maximum Gasteiger partial charge on any atom is 0.318 e. The van der Waals surface area contributed by atoms with E-state index in [2.05, 4.69) is 15.5 Å². The molecule has 0 aromatic heterocycles. The summed E-state index contributed by atoms with van der Waals surface area (Å²) in [5, 5.41) is 6.24. The van der Waals surface area contributed by atoms with Crippen molar-refractivity contribution in [2.75, 3.05) is 50.6 Å². The van der Waals surface area contributed by atoms with Gasteiger partial charge in [0.2, 0.25) is 5.91 Å². The molecule has 3 amide bonds. The molecule has 0 saturated carbocycles. The molecule has 31 heavy (non-hydrogen) atoms. The lowest BCUT2D eigenvalue weighted by Gasteiger charge is -2.36. The summed E-state index contributed by atoms with van der Waals surface area (Å²) >= 11 is 5.95. The maximum absolute atomic E-state index is 12.6. The highest BCUT2D eigenvalue weighted by Gasteiger charge is 2.24. The second-order valence-electron chi connectivity index (χ2n) is 7.18. The quantitative estimate of drug-likeness (QED) is 0.711. The minimum absolute atomic E-state index is 0.268. The van der Waals surface area contributed by atoms with Gasteiger partial charge in [0.1, 0.15) is 17.5 Å². The molecule has 0 unspecified atom stereocenters. The fraction of sp³-hybridized carbons (Fsp3) is 0.364. The molecular weight excluding hydrogens is 420 g/mol. The summed E-state index contributed by atoms with van der Waals surface area (Å²) in [5.41, 5.74) is 1.55. The van der Waals surface area contributed by atoms with Crippen LogP contribution in [0, 0.1) is 0 Å². The van der Waals surface area contributed by atoms with E-state index in [1.807, 2.05) is 24.3 Å². The van der Waals surface area contributed by atoms with E-state index in [0.717, 1.165) is 5.69 Å². The number of rotatable bonds is 6. The number of hydrogen-bond donors (Lipinski definition) is 2. The molecule has 0 radical (unpaired) electrons. The van der Waals surface area contributed by atoms with Crippen LogP contribution in [-0.4, -0.2) is 63.3 Å². The molecule has 2 aromatic rings. The van der Waals surface area contributed by atoms with E-state index in [0.29, 0.717) is 48.4 Å². The molecule has 0 aliphatic carbocycles. The van der Waals surface area contributed by atoms with Gasteiger partial charge < -0.3 is 29.9 Å². The van der Waals surface area contributed by atoms with Gasteiger partial charge in [0.05, 0.1) is 19.9 Å². The Labute approximate surface area is 187 Å². The monoisotopic (exact) mass is 446 g/mol. The van der Waals surface area contributed by atoms with Gasteiger partial charge in [-0.2, -0.15) is 0 Å². The molecule has 0 bridgehead atoms. The summed E-state index contributed by atoms with van der Waals surface area (Å²) in [6.45, 7) is 4.18. The Balaban J connectivity index is 1.52. The predicted octanol–water partition coefficient (Wildman–Crippen LogP) is 3.22. The van der Waals surface area contributed by atoms with Gasteiger partial charge >= 0.3 is 6.03 Å². The Kier molecular flexibility index (Phi) is 7.46. The number of anilines is 2. The van der Waals surface area contributed by atoms with Crippen molar-refractivity contribution in [3.63, 3.8) is 0 Å². The molecule has 3 rings (SSSR count). The molecule has 9 heteroatoms. The second kappa shape index (κ2) is 10.3. The van der Waals surface area contributed by atoms with Gasteiger partial charge in [0.15, 0.2) is 0 Å². The zero-order valence-corrected chi connectivity index (χ0v) is 18.6. The zero-order chi connectivity index (χ0) is 22.4. The zero-order valence-electron chi connectivity index (χ0n) is 17.9. The SMILES string of the molecule is COc1ccc(OC)c(NC(=O)[C@H](C)NC(=O)N2CCN(c3ccc(Cl)cc3)CC2)c1. The normalized spacial score (nSPS) is 14.6. The Morgan fingerprint density at radius 3 is 2.29 bits per heavy atom. The Morgan fingerprint density at radius 1 is 1.00 bits per heavy atom. The summed E-state index contributed by atoms with van der Waals surface area (Å²) in [6.07, 6.45) is 0.